The van der Waals surface area contributed by atoms with E-state index in [0.29, 0.717) is 36.8 Å². The van der Waals surface area contributed by atoms with Gasteiger partial charge in [-0.3, -0.25) is 4.79 Å². The Morgan fingerprint density at radius 2 is 1.29 bits per heavy atom. The van der Waals surface area contributed by atoms with Crippen molar-refractivity contribution in [3.05, 3.63) is 111 Å². The minimum atomic E-state index is -0.326. The van der Waals surface area contributed by atoms with Crippen molar-refractivity contribution < 1.29 is 14.2 Å². The molecular formula is C36H45NO4. The zero-order valence-corrected chi connectivity index (χ0v) is 25.5. The Morgan fingerprint density at radius 3 is 1.88 bits per heavy atom. The number of rotatable bonds is 15. The first kappa shape index (κ1) is 31.5. The van der Waals surface area contributed by atoms with Crippen molar-refractivity contribution in [2.24, 2.45) is 0 Å². The monoisotopic (exact) mass is 555 g/mol. The fourth-order valence-corrected chi connectivity index (χ4v) is 4.25. The molecule has 0 unspecified atom stereocenters. The molecule has 0 spiro atoms. The molecule has 218 valence electrons. The van der Waals surface area contributed by atoms with Crippen LogP contribution in [-0.4, -0.2) is 18.2 Å². The number of benzene rings is 2. The van der Waals surface area contributed by atoms with Gasteiger partial charge in [0.25, 0.3) is 5.56 Å². The maximum Gasteiger partial charge on any atom is 0.294 e. The summed E-state index contributed by atoms with van der Waals surface area (Å²) in [7, 11) is 0. The van der Waals surface area contributed by atoms with Crippen molar-refractivity contribution in [2.45, 2.75) is 73.8 Å². The quantitative estimate of drug-likeness (QED) is 0.190. The second-order valence-corrected chi connectivity index (χ2v) is 11.0. The third-order valence-electron chi connectivity index (χ3n) is 6.65. The van der Waals surface area contributed by atoms with E-state index in [1.54, 1.807) is 0 Å². The molecule has 2 aromatic carbocycles. The normalized spacial score (nSPS) is 11.8. The van der Waals surface area contributed by atoms with Gasteiger partial charge in [0.2, 0.25) is 5.75 Å². The fourth-order valence-electron chi connectivity index (χ4n) is 4.25. The summed E-state index contributed by atoms with van der Waals surface area (Å²) in [5.41, 5.74) is 6.48. The molecule has 41 heavy (non-hydrogen) atoms. The van der Waals surface area contributed by atoms with Gasteiger partial charge in [0.15, 0.2) is 5.75 Å². The maximum atomic E-state index is 13.2. The zero-order valence-electron chi connectivity index (χ0n) is 25.5. The summed E-state index contributed by atoms with van der Waals surface area (Å²) in [6.07, 6.45) is 12.5. The third kappa shape index (κ3) is 10.8. The van der Waals surface area contributed by atoms with Crippen LogP contribution >= 0.6 is 0 Å². The second kappa shape index (κ2) is 16.3. The van der Waals surface area contributed by atoms with Gasteiger partial charge in [-0.15, -0.1) is 0 Å². The van der Waals surface area contributed by atoms with Crippen molar-refractivity contribution in [2.75, 3.05) is 13.2 Å². The van der Waals surface area contributed by atoms with Crippen LogP contribution in [0, 0.1) is 0 Å². The summed E-state index contributed by atoms with van der Waals surface area (Å²) in [5, 5.41) is 0.770. The molecule has 5 heteroatoms. The van der Waals surface area contributed by atoms with E-state index in [9.17, 15) is 4.79 Å². The summed E-state index contributed by atoms with van der Waals surface area (Å²) in [4.78, 5) is 16.2. The molecule has 0 atom stereocenters. The van der Waals surface area contributed by atoms with E-state index in [-0.39, 0.29) is 11.3 Å². The molecular weight excluding hydrogens is 510 g/mol. The van der Waals surface area contributed by atoms with Gasteiger partial charge in [0.05, 0.1) is 5.52 Å². The standard InChI is InChI=1S/C36H45NO4/c1-26(2)12-10-14-28(5)20-22-39-34-32-19-18-31(41-25-30-16-8-7-9-17-30)24-33(32)37-36(38)35(34)40-23-21-29(6)15-11-13-27(3)4/h7-9,12-13,16-21,24H,10-11,14-15,22-23,25H2,1-6H3,(H,37,38)/b28-20+,29-21+. The Kier molecular flexibility index (Phi) is 12.6. The zero-order chi connectivity index (χ0) is 29.6. The van der Waals surface area contributed by atoms with Gasteiger partial charge < -0.3 is 19.2 Å². The molecule has 3 aromatic rings. The van der Waals surface area contributed by atoms with E-state index in [2.05, 4.69) is 64.8 Å². The van der Waals surface area contributed by atoms with E-state index in [1.807, 2.05) is 54.6 Å². The Labute approximate surface area is 245 Å². The number of nitrogens with one attached hydrogen (secondary N) is 1. The molecule has 0 fully saturated rings. The van der Waals surface area contributed by atoms with Crippen molar-refractivity contribution in [3.63, 3.8) is 0 Å². The number of aromatic nitrogens is 1. The molecule has 0 aliphatic carbocycles. The maximum absolute atomic E-state index is 13.2. The molecule has 0 saturated heterocycles. The minimum absolute atomic E-state index is 0.194. The minimum Gasteiger partial charge on any atom is -0.489 e. The molecule has 1 aromatic heterocycles. The van der Waals surface area contributed by atoms with Crippen LogP contribution in [0.15, 0.2) is 99.9 Å². The Morgan fingerprint density at radius 1 is 0.707 bits per heavy atom. The topological polar surface area (TPSA) is 60.6 Å². The molecule has 0 bridgehead atoms. The van der Waals surface area contributed by atoms with Crippen molar-refractivity contribution in [1.82, 2.24) is 4.98 Å². The summed E-state index contributed by atoms with van der Waals surface area (Å²) < 4.78 is 18.3. The largest absolute Gasteiger partial charge is 0.489 e. The highest BCUT2D eigenvalue weighted by molar-refractivity contribution is 5.88. The number of allylic oxidation sites excluding steroid dienone is 6. The summed E-state index contributed by atoms with van der Waals surface area (Å²) in [6.45, 7) is 13.7. The van der Waals surface area contributed by atoms with Crippen LogP contribution in [0.4, 0.5) is 0 Å². The van der Waals surface area contributed by atoms with Crippen LogP contribution in [0.25, 0.3) is 10.9 Å². The third-order valence-corrected chi connectivity index (χ3v) is 6.65. The van der Waals surface area contributed by atoms with E-state index in [4.69, 9.17) is 14.2 Å². The lowest BCUT2D eigenvalue weighted by Crippen LogP contribution is -2.14. The van der Waals surface area contributed by atoms with Crippen LogP contribution < -0.4 is 19.8 Å². The van der Waals surface area contributed by atoms with Gasteiger partial charge in [-0.1, -0.05) is 64.8 Å². The Hall–Kier alpha value is -3.99. The van der Waals surface area contributed by atoms with Gasteiger partial charge in [-0.05, 0) is 97.1 Å². The van der Waals surface area contributed by atoms with Crippen molar-refractivity contribution >= 4 is 10.9 Å². The number of aromatic amines is 1. The molecule has 1 heterocycles. The van der Waals surface area contributed by atoms with Crippen LogP contribution in [-0.2, 0) is 6.61 Å². The smallest absolute Gasteiger partial charge is 0.294 e. The SMILES string of the molecule is CC(C)=CCC/C(C)=C/COc1c(OC/C=C(\C)CCC=C(C)C)c2ccc(OCc3ccccc3)cc2[nH]c1=O. The highest BCUT2D eigenvalue weighted by atomic mass is 16.5. The number of pyridine rings is 1. The van der Waals surface area contributed by atoms with Crippen LogP contribution in [0.3, 0.4) is 0 Å². The van der Waals surface area contributed by atoms with Gasteiger partial charge in [0.1, 0.15) is 25.6 Å². The van der Waals surface area contributed by atoms with Gasteiger partial charge >= 0.3 is 0 Å². The van der Waals surface area contributed by atoms with Crippen LogP contribution in [0.1, 0.15) is 72.8 Å². The van der Waals surface area contributed by atoms with E-state index in [0.717, 1.165) is 36.6 Å². The van der Waals surface area contributed by atoms with Gasteiger partial charge in [-0.2, -0.15) is 0 Å². The molecule has 5 nitrogen and oxygen atoms in total. The number of fused-ring (bicyclic) bond motifs is 1. The number of H-pyrrole nitrogens is 1. The first-order chi connectivity index (χ1) is 19.7. The van der Waals surface area contributed by atoms with Gasteiger partial charge in [0, 0.05) is 11.5 Å². The van der Waals surface area contributed by atoms with Crippen LogP contribution in [0.2, 0.25) is 0 Å². The molecule has 0 saturated carbocycles. The van der Waals surface area contributed by atoms with E-state index in [1.165, 1.54) is 22.3 Å². The predicted molar refractivity (Wildman–Crippen MR) is 171 cm³/mol. The summed E-state index contributed by atoms with van der Waals surface area (Å²) in [6, 6.07) is 15.6. The van der Waals surface area contributed by atoms with Crippen LogP contribution in [0.5, 0.6) is 17.2 Å². The average Bonchev–Trinajstić information content (AvgIpc) is 2.93. The van der Waals surface area contributed by atoms with Crippen molar-refractivity contribution in [3.8, 4) is 17.2 Å². The molecule has 0 aliphatic rings. The number of hydrogen-bond donors (Lipinski definition) is 1. The average molecular weight is 556 g/mol. The first-order valence-electron chi connectivity index (χ1n) is 14.4. The lowest BCUT2D eigenvalue weighted by atomic mass is 10.1. The lowest BCUT2D eigenvalue weighted by Gasteiger charge is -2.15. The predicted octanol–water partition coefficient (Wildman–Crippen LogP) is 9.25. The van der Waals surface area contributed by atoms with E-state index >= 15 is 0 Å². The number of hydrogen-bond acceptors (Lipinski definition) is 4. The fraction of sp³-hybridized carbons (Fsp3) is 0.361. The summed E-state index contributed by atoms with van der Waals surface area (Å²) in [5.74, 6) is 1.31. The van der Waals surface area contributed by atoms with E-state index < -0.39 is 0 Å². The molecule has 0 radical (unpaired) electrons. The highest BCUT2D eigenvalue weighted by Crippen LogP contribution is 2.34. The molecule has 0 amide bonds. The Balaban J connectivity index is 1.83. The number of ether oxygens (including phenoxy) is 3. The highest BCUT2D eigenvalue weighted by Gasteiger charge is 2.16. The lowest BCUT2D eigenvalue weighted by molar-refractivity contribution is 0.304. The van der Waals surface area contributed by atoms with Gasteiger partial charge in [-0.25, -0.2) is 0 Å². The van der Waals surface area contributed by atoms with Crippen molar-refractivity contribution in [1.29, 1.82) is 0 Å². The second-order valence-electron chi connectivity index (χ2n) is 11.0. The first-order valence-corrected chi connectivity index (χ1v) is 14.4. The Bertz CT molecular complexity index is 1450. The molecule has 1 N–H and O–H groups in total. The molecule has 0 aliphatic heterocycles. The molecule has 3 rings (SSSR count). The summed E-state index contributed by atoms with van der Waals surface area (Å²) >= 11 is 0.